The molecule has 1 N–H and O–H groups in total. The second-order valence-corrected chi connectivity index (χ2v) is 5.87. The van der Waals surface area contributed by atoms with Crippen molar-refractivity contribution in [2.24, 2.45) is 0 Å². The molecule has 88 valence electrons. The molecule has 0 amide bonds. The topological polar surface area (TPSA) is 20.2 Å². The standard InChI is InChI=1S/C14H13BrOS/c1-10-7-14(6-5-11(10)9-16)17-13-4-2-3-12(15)8-13/h2-8,16H,9H2,1H3. The van der Waals surface area contributed by atoms with Crippen LogP contribution in [0.25, 0.3) is 0 Å². The largest absolute Gasteiger partial charge is 0.392 e. The lowest BCUT2D eigenvalue weighted by atomic mass is 10.1. The molecule has 17 heavy (non-hydrogen) atoms. The summed E-state index contributed by atoms with van der Waals surface area (Å²) < 4.78 is 1.09. The first kappa shape index (κ1) is 12.7. The van der Waals surface area contributed by atoms with E-state index < -0.39 is 0 Å². The normalized spacial score (nSPS) is 10.5. The molecule has 2 aromatic rings. The van der Waals surface area contributed by atoms with Crippen LogP contribution in [0.4, 0.5) is 0 Å². The molecule has 0 heterocycles. The van der Waals surface area contributed by atoms with Crippen LogP contribution in [-0.4, -0.2) is 5.11 Å². The second-order valence-electron chi connectivity index (χ2n) is 3.81. The number of aliphatic hydroxyl groups excluding tert-OH is 1. The lowest BCUT2D eigenvalue weighted by Crippen LogP contribution is -1.88. The fourth-order valence-corrected chi connectivity index (χ4v) is 3.10. The van der Waals surface area contributed by atoms with Crippen LogP contribution in [0.2, 0.25) is 0 Å². The average molecular weight is 309 g/mol. The zero-order valence-corrected chi connectivity index (χ0v) is 11.9. The van der Waals surface area contributed by atoms with Crippen molar-refractivity contribution in [3.63, 3.8) is 0 Å². The molecular formula is C14H13BrOS. The zero-order chi connectivity index (χ0) is 12.3. The third-order valence-corrected chi connectivity index (χ3v) is 3.99. The van der Waals surface area contributed by atoms with Crippen LogP contribution in [-0.2, 0) is 6.61 Å². The number of rotatable bonds is 3. The molecule has 0 aromatic heterocycles. The number of benzene rings is 2. The van der Waals surface area contributed by atoms with Gasteiger partial charge in [0.2, 0.25) is 0 Å². The van der Waals surface area contributed by atoms with Crippen molar-refractivity contribution in [2.45, 2.75) is 23.3 Å². The third-order valence-electron chi connectivity index (χ3n) is 2.52. The molecule has 1 nitrogen and oxygen atoms in total. The van der Waals surface area contributed by atoms with Gasteiger partial charge in [0.05, 0.1) is 6.61 Å². The average Bonchev–Trinajstić information content (AvgIpc) is 2.29. The smallest absolute Gasteiger partial charge is 0.0684 e. The summed E-state index contributed by atoms with van der Waals surface area (Å²) in [6, 6.07) is 14.4. The first-order valence-electron chi connectivity index (χ1n) is 5.33. The Morgan fingerprint density at radius 1 is 1.12 bits per heavy atom. The highest BCUT2D eigenvalue weighted by Crippen LogP contribution is 2.30. The van der Waals surface area contributed by atoms with Crippen molar-refractivity contribution in [3.05, 3.63) is 58.1 Å². The van der Waals surface area contributed by atoms with E-state index in [1.165, 1.54) is 9.79 Å². The summed E-state index contributed by atoms with van der Waals surface area (Å²) in [5.41, 5.74) is 2.12. The predicted molar refractivity (Wildman–Crippen MR) is 75.4 cm³/mol. The van der Waals surface area contributed by atoms with Crippen LogP contribution in [0.1, 0.15) is 11.1 Å². The van der Waals surface area contributed by atoms with E-state index in [0.29, 0.717) is 0 Å². The maximum atomic E-state index is 9.12. The summed E-state index contributed by atoms with van der Waals surface area (Å²) >= 11 is 5.19. The van der Waals surface area contributed by atoms with Gasteiger partial charge in [-0.05, 0) is 48.4 Å². The Kier molecular flexibility index (Phi) is 4.26. The van der Waals surface area contributed by atoms with Crippen molar-refractivity contribution < 1.29 is 5.11 Å². The van der Waals surface area contributed by atoms with Gasteiger partial charge in [-0.3, -0.25) is 0 Å². The Bertz CT molecular complexity index is 525. The number of hydrogen-bond donors (Lipinski definition) is 1. The lowest BCUT2D eigenvalue weighted by Gasteiger charge is -2.06. The van der Waals surface area contributed by atoms with Crippen LogP contribution in [0.3, 0.4) is 0 Å². The molecule has 0 aliphatic carbocycles. The highest BCUT2D eigenvalue weighted by atomic mass is 79.9. The van der Waals surface area contributed by atoms with Gasteiger partial charge >= 0.3 is 0 Å². The molecule has 0 fully saturated rings. The van der Waals surface area contributed by atoms with Gasteiger partial charge in [-0.25, -0.2) is 0 Å². The molecule has 2 rings (SSSR count). The van der Waals surface area contributed by atoms with Gasteiger partial charge in [-0.2, -0.15) is 0 Å². The molecular weight excluding hydrogens is 296 g/mol. The van der Waals surface area contributed by atoms with Crippen molar-refractivity contribution >= 4 is 27.7 Å². The lowest BCUT2D eigenvalue weighted by molar-refractivity contribution is 0.281. The number of halogens is 1. The Hall–Kier alpha value is -0.770. The highest BCUT2D eigenvalue weighted by Gasteiger charge is 2.01. The molecule has 0 saturated heterocycles. The Balaban J connectivity index is 2.22. The minimum absolute atomic E-state index is 0.105. The predicted octanol–water partition coefficient (Wildman–Crippen LogP) is 4.40. The van der Waals surface area contributed by atoms with E-state index in [0.717, 1.165) is 15.6 Å². The zero-order valence-electron chi connectivity index (χ0n) is 9.48. The van der Waals surface area contributed by atoms with E-state index >= 15 is 0 Å². The molecule has 3 heteroatoms. The van der Waals surface area contributed by atoms with Crippen molar-refractivity contribution in [1.29, 1.82) is 0 Å². The fourth-order valence-electron chi connectivity index (χ4n) is 1.58. The fraction of sp³-hybridized carbons (Fsp3) is 0.143. The molecule has 0 spiro atoms. The minimum Gasteiger partial charge on any atom is -0.392 e. The van der Waals surface area contributed by atoms with Crippen LogP contribution < -0.4 is 0 Å². The summed E-state index contributed by atoms with van der Waals surface area (Å²) in [5, 5.41) is 9.12. The van der Waals surface area contributed by atoms with Crippen LogP contribution >= 0.6 is 27.7 Å². The molecule has 0 radical (unpaired) electrons. The first-order valence-corrected chi connectivity index (χ1v) is 6.94. The summed E-state index contributed by atoms with van der Waals surface area (Å²) in [6.45, 7) is 2.13. The van der Waals surface area contributed by atoms with Gasteiger partial charge in [-0.1, -0.05) is 39.8 Å². The monoisotopic (exact) mass is 308 g/mol. The van der Waals surface area contributed by atoms with Crippen LogP contribution in [0.15, 0.2) is 56.7 Å². The van der Waals surface area contributed by atoms with E-state index in [4.69, 9.17) is 5.11 Å². The summed E-state index contributed by atoms with van der Waals surface area (Å²) in [7, 11) is 0. The van der Waals surface area contributed by atoms with Crippen molar-refractivity contribution in [2.75, 3.05) is 0 Å². The summed E-state index contributed by atoms with van der Waals surface area (Å²) in [6.07, 6.45) is 0. The molecule has 0 bridgehead atoms. The molecule has 0 aliphatic heterocycles. The Labute approximate surface area is 114 Å². The summed E-state index contributed by atoms with van der Waals surface area (Å²) in [5.74, 6) is 0. The van der Waals surface area contributed by atoms with E-state index in [1.54, 1.807) is 11.8 Å². The molecule has 0 saturated carbocycles. The van der Waals surface area contributed by atoms with E-state index in [-0.39, 0.29) is 6.61 Å². The summed E-state index contributed by atoms with van der Waals surface area (Å²) in [4.78, 5) is 2.40. The molecule has 2 aromatic carbocycles. The third kappa shape index (κ3) is 3.35. The molecule has 0 unspecified atom stereocenters. The Morgan fingerprint density at radius 2 is 1.88 bits per heavy atom. The second kappa shape index (κ2) is 5.71. The highest BCUT2D eigenvalue weighted by molar-refractivity contribution is 9.10. The van der Waals surface area contributed by atoms with E-state index in [2.05, 4.69) is 34.1 Å². The molecule has 0 aliphatic rings. The van der Waals surface area contributed by atoms with Gasteiger partial charge in [0.15, 0.2) is 0 Å². The van der Waals surface area contributed by atoms with Crippen LogP contribution in [0.5, 0.6) is 0 Å². The van der Waals surface area contributed by atoms with E-state index in [1.807, 2.05) is 31.2 Å². The van der Waals surface area contributed by atoms with E-state index in [9.17, 15) is 0 Å². The van der Waals surface area contributed by atoms with Gasteiger partial charge in [0.1, 0.15) is 0 Å². The number of aliphatic hydroxyl groups is 1. The SMILES string of the molecule is Cc1cc(Sc2cccc(Br)c2)ccc1CO. The maximum absolute atomic E-state index is 9.12. The number of hydrogen-bond acceptors (Lipinski definition) is 2. The first-order chi connectivity index (χ1) is 8.19. The van der Waals surface area contributed by atoms with Crippen molar-refractivity contribution in [1.82, 2.24) is 0 Å². The molecule has 0 atom stereocenters. The van der Waals surface area contributed by atoms with Gasteiger partial charge in [0.25, 0.3) is 0 Å². The Morgan fingerprint density at radius 3 is 2.53 bits per heavy atom. The maximum Gasteiger partial charge on any atom is 0.0684 e. The van der Waals surface area contributed by atoms with Crippen LogP contribution in [0, 0.1) is 6.92 Å². The van der Waals surface area contributed by atoms with Gasteiger partial charge in [-0.15, -0.1) is 0 Å². The minimum atomic E-state index is 0.105. The number of aryl methyl sites for hydroxylation is 1. The van der Waals surface area contributed by atoms with Gasteiger partial charge < -0.3 is 5.11 Å². The van der Waals surface area contributed by atoms with Crippen molar-refractivity contribution in [3.8, 4) is 0 Å². The van der Waals surface area contributed by atoms with Gasteiger partial charge in [0, 0.05) is 14.3 Å². The quantitative estimate of drug-likeness (QED) is 0.907.